The molecular weight excluding hydrogens is 208 g/mol. The third kappa shape index (κ3) is 2.36. The van der Waals surface area contributed by atoms with Gasteiger partial charge in [-0.3, -0.25) is 14.9 Å². The zero-order valence-corrected chi connectivity index (χ0v) is 8.68. The van der Waals surface area contributed by atoms with Crippen molar-refractivity contribution in [3.8, 4) is 0 Å². The van der Waals surface area contributed by atoms with Crippen LogP contribution in [0.4, 0.5) is 11.4 Å². The SMILES string of the molecule is O=Cc1ccc(NCC2CC2)c([N+](=O)[O-])c1. The van der Waals surface area contributed by atoms with Gasteiger partial charge in [0.2, 0.25) is 0 Å². The Hall–Kier alpha value is -1.91. The Balaban J connectivity index is 2.19. The van der Waals surface area contributed by atoms with Gasteiger partial charge in [0.05, 0.1) is 4.92 Å². The van der Waals surface area contributed by atoms with Gasteiger partial charge >= 0.3 is 0 Å². The van der Waals surface area contributed by atoms with Crippen LogP contribution in [0.25, 0.3) is 0 Å². The van der Waals surface area contributed by atoms with E-state index in [-0.39, 0.29) is 5.69 Å². The highest BCUT2D eigenvalue weighted by molar-refractivity contribution is 5.79. The Morgan fingerprint density at radius 2 is 2.25 bits per heavy atom. The Morgan fingerprint density at radius 1 is 1.50 bits per heavy atom. The quantitative estimate of drug-likeness (QED) is 0.469. The molecule has 0 aromatic heterocycles. The Bertz CT molecular complexity index is 427. The fourth-order valence-electron chi connectivity index (χ4n) is 1.50. The monoisotopic (exact) mass is 220 g/mol. The second kappa shape index (κ2) is 4.30. The molecule has 84 valence electrons. The maximum atomic E-state index is 10.8. The van der Waals surface area contributed by atoms with Crippen LogP contribution in [-0.4, -0.2) is 17.8 Å². The number of nitrogens with one attached hydrogen (secondary N) is 1. The van der Waals surface area contributed by atoms with Gasteiger partial charge in [-0.25, -0.2) is 0 Å². The van der Waals surface area contributed by atoms with Crippen molar-refractivity contribution in [1.82, 2.24) is 0 Å². The third-order valence-electron chi connectivity index (χ3n) is 2.63. The van der Waals surface area contributed by atoms with E-state index in [9.17, 15) is 14.9 Å². The van der Waals surface area contributed by atoms with E-state index in [1.807, 2.05) is 0 Å². The molecule has 0 heterocycles. The van der Waals surface area contributed by atoms with E-state index < -0.39 is 4.92 Å². The molecule has 0 atom stereocenters. The Morgan fingerprint density at radius 3 is 2.81 bits per heavy atom. The van der Waals surface area contributed by atoms with Gasteiger partial charge in [-0.2, -0.15) is 0 Å². The summed E-state index contributed by atoms with van der Waals surface area (Å²) in [7, 11) is 0. The van der Waals surface area contributed by atoms with Crippen LogP contribution < -0.4 is 5.32 Å². The van der Waals surface area contributed by atoms with E-state index in [1.54, 1.807) is 12.1 Å². The first-order valence-electron chi connectivity index (χ1n) is 5.18. The van der Waals surface area contributed by atoms with Crippen LogP contribution in [0.2, 0.25) is 0 Å². The van der Waals surface area contributed by atoms with E-state index in [2.05, 4.69) is 5.32 Å². The highest BCUT2D eigenvalue weighted by Crippen LogP contribution is 2.31. The minimum atomic E-state index is -0.470. The zero-order valence-electron chi connectivity index (χ0n) is 8.68. The molecule has 1 aliphatic carbocycles. The Labute approximate surface area is 92.6 Å². The number of hydrogen-bond donors (Lipinski definition) is 1. The maximum Gasteiger partial charge on any atom is 0.293 e. The molecule has 0 saturated heterocycles. The number of nitrogens with zero attached hydrogens (tertiary/aromatic N) is 1. The number of nitro benzene ring substituents is 1. The summed E-state index contributed by atoms with van der Waals surface area (Å²) in [5, 5.41) is 13.9. The average molecular weight is 220 g/mol. The minimum Gasteiger partial charge on any atom is -0.379 e. The predicted molar refractivity (Wildman–Crippen MR) is 59.7 cm³/mol. The van der Waals surface area contributed by atoms with Gasteiger partial charge in [0.15, 0.2) is 0 Å². The average Bonchev–Trinajstić information content (AvgIpc) is 3.09. The number of carbonyl (C=O) groups excluding carboxylic acids is 1. The Kier molecular flexibility index (Phi) is 2.85. The summed E-state index contributed by atoms with van der Waals surface area (Å²) in [6.07, 6.45) is 2.98. The van der Waals surface area contributed by atoms with E-state index in [0.717, 1.165) is 6.54 Å². The number of anilines is 1. The fourth-order valence-corrected chi connectivity index (χ4v) is 1.50. The first kappa shape index (κ1) is 10.6. The second-order valence-corrected chi connectivity index (χ2v) is 3.98. The van der Waals surface area contributed by atoms with E-state index in [1.165, 1.54) is 18.9 Å². The highest BCUT2D eigenvalue weighted by atomic mass is 16.6. The van der Waals surface area contributed by atoms with Crippen LogP contribution in [0.5, 0.6) is 0 Å². The van der Waals surface area contributed by atoms with Crippen LogP contribution in [0.3, 0.4) is 0 Å². The summed E-state index contributed by atoms with van der Waals surface area (Å²) in [6, 6.07) is 4.46. The van der Waals surface area contributed by atoms with Gasteiger partial charge in [-0.05, 0) is 30.9 Å². The molecule has 0 spiro atoms. The van der Waals surface area contributed by atoms with Crippen molar-refractivity contribution in [2.75, 3.05) is 11.9 Å². The number of nitro groups is 1. The highest BCUT2D eigenvalue weighted by Gasteiger charge is 2.22. The second-order valence-electron chi connectivity index (χ2n) is 3.98. The molecule has 5 heteroatoms. The lowest BCUT2D eigenvalue weighted by Crippen LogP contribution is -2.06. The molecule has 0 aliphatic heterocycles. The molecule has 0 amide bonds. The van der Waals surface area contributed by atoms with Crippen molar-refractivity contribution < 1.29 is 9.72 Å². The normalized spacial score (nSPS) is 14.5. The van der Waals surface area contributed by atoms with Gasteiger partial charge in [0, 0.05) is 18.2 Å². The molecule has 16 heavy (non-hydrogen) atoms. The van der Waals surface area contributed by atoms with Crippen molar-refractivity contribution in [1.29, 1.82) is 0 Å². The largest absolute Gasteiger partial charge is 0.379 e. The lowest BCUT2D eigenvalue weighted by Gasteiger charge is -2.06. The van der Waals surface area contributed by atoms with Crippen LogP contribution in [0.15, 0.2) is 18.2 Å². The smallest absolute Gasteiger partial charge is 0.293 e. The maximum absolute atomic E-state index is 10.8. The third-order valence-corrected chi connectivity index (χ3v) is 2.63. The van der Waals surface area contributed by atoms with Crippen molar-refractivity contribution in [2.24, 2.45) is 5.92 Å². The van der Waals surface area contributed by atoms with Gasteiger partial charge in [-0.1, -0.05) is 0 Å². The summed E-state index contributed by atoms with van der Waals surface area (Å²) in [5.41, 5.74) is 0.774. The molecule has 1 saturated carbocycles. The molecule has 1 aromatic rings. The number of carbonyl (C=O) groups is 1. The predicted octanol–water partition coefficient (Wildman–Crippen LogP) is 2.23. The lowest BCUT2D eigenvalue weighted by molar-refractivity contribution is -0.384. The molecule has 0 unspecified atom stereocenters. The number of benzene rings is 1. The number of rotatable bonds is 5. The molecule has 5 nitrogen and oxygen atoms in total. The molecule has 2 rings (SSSR count). The molecule has 1 aromatic carbocycles. The fraction of sp³-hybridized carbons (Fsp3) is 0.364. The van der Waals surface area contributed by atoms with Crippen molar-refractivity contribution >= 4 is 17.7 Å². The minimum absolute atomic E-state index is 0.0368. The zero-order chi connectivity index (χ0) is 11.5. The van der Waals surface area contributed by atoms with Crippen LogP contribution in [0.1, 0.15) is 23.2 Å². The van der Waals surface area contributed by atoms with E-state index in [4.69, 9.17) is 0 Å². The molecule has 1 aliphatic rings. The van der Waals surface area contributed by atoms with E-state index >= 15 is 0 Å². The van der Waals surface area contributed by atoms with Gasteiger partial charge in [-0.15, -0.1) is 0 Å². The molecule has 0 radical (unpaired) electrons. The van der Waals surface area contributed by atoms with Crippen molar-refractivity contribution in [2.45, 2.75) is 12.8 Å². The first-order chi connectivity index (χ1) is 7.70. The standard InChI is InChI=1S/C11H12N2O3/c14-7-9-3-4-10(11(5-9)13(15)16)12-6-8-1-2-8/h3-5,7-8,12H,1-2,6H2. The number of hydrogen-bond acceptors (Lipinski definition) is 4. The molecule has 1 N–H and O–H groups in total. The summed E-state index contributed by atoms with van der Waals surface area (Å²) in [5.74, 6) is 0.644. The first-order valence-corrected chi connectivity index (χ1v) is 5.18. The molecule has 1 fully saturated rings. The lowest BCUT2D eigenvalue weighted by atomic mass is 10.2. The van der Waals surface area contributed by atoms with E-state index in [0.29, 0.717) is 23.5 Å². The van der Waals surface area contributed by atoms with Crippen molar-refractivity contribution in [3.63, 3.8) is 0 Å². The molecule has 0 bridgehead atoms. The summed E-state index contributed by atoms with van der Waals surface area (Å²) in [4.78, 5) is 20.9. The van der Waals surface area contributed by atoms with Crippen molar-refractivity contribution in [3.05, 3.63) is 33.9 Å². The van der Waals surface area contributed by atoms with Gasteiger partial charge in [0.1, 0.15) is 12.0 Å². The summed E-state index contributed by atoms with van der Waals surface area (Å²) in [6.45, 7) is 0.765. The summed E-state index contributed by atoms with van der Waals surface area (Å²) >= 11 is 0. The topological polar surface area (TPSA) is 72.2 Å². The van der Waals surface area contributed by atoms with Gasteiger partial charge < -0.3 is 5.32 Å². The summed E-state index contributed by atoms with van der Waals surface area (Å²) < 4.78 is 0. The van der Waals surface area contributed by atoms with Crippen LogP contribution >= 0.6 is 0 Å². The number of aldehydes is 1. The van der Waals surface area contributed by atoms with Crippen LogP contribution in [0, 0.1) is 16.0 Å². The van der Waals surface area contributed by atoms with Gasteiger partial charge in [0.25, 0.3) is 5.69 Å². The molecular formula is C11H12N2O3. The van der Waals surface area contributed by atoms with Crippen LogP contribution in [-0.2, 0) is 0 Å².